The Kier molecular flexibility index (Phi) is 4.09. The fraction of sp³-hybridized carbons (Fsp3) is 0.286. The Morgan fingerprint density at radius 3 is 2.43 bits per heavy atom. The number of sulfonamides is 2. The van der Waals surface area contributed by atoms with Gasteiger partial charge in [0, 0.05) is 18.0 Å². The highest BCUT2D eigenvalue weighted by atomic mass is 32.2. The van der Waals surface area contributed by atoms with Crippen LogP contribution in [0.3, 0.4) is 0 Å². The van der Waals surface area contributed by atoms with Gasteiger partial charge in [0.15, 0.2) is 0 Å². The average Bonchev–Trinajstić information content (AvgIpc) is 2.92. The highest BCUT2D eigenvalue weighted by Crippen LogP contribution is 2.29. The van der Waals surface area contributed by atoms with Gasteiger partial charge >= 0.3 is 0 Å². The number of primary sulfonamides is 1. The van der Waals surface area contributed by atoms with Gasteiger partial charge in [0.2, 0.25) is 10.0 Å². The van der Waals surface area contributed by atoms with Crippen LogP contribution in [-0.4, -0.2) is 27.7 Å². The first-order valence-electron chi connectivity index (χ1n) is 6.89. The van der Waals surface area contributed by atoms with Gasteiger partial charge in [-0.1, -0.05) is 6.07 Å². The molecule has 1 aliphatic heterocycles. The quantitative estimate of drug-likeness (QED) is 0.882. The van der Waals surface area contributed by atoms with Crippen molar-refractivity contribution in [2.24, 2.45) is 5.14 Å². The van der Waals surface area contributed by atoms with Gasteiger partial charge in [0.25, 0.3) is 10.0 Å². The van der Waals surface area contributed by atoms with E-state index in [2.05, 4.69) is 0 Å². The first-order valence-corrected chi connectivity index (χ1v) is 10.7. The second kappa shape index (κ2) is 5.67. The summed E-state index contributed by atoms with van der Waals surface area (Å²) in [4.78, 5) is 0.931. The summed E-state index contributed by atoms with van der Waals surface area (Å²) in [6.45, 7) is 2.38. The molecule has 0 amide bonds. The van der Waals surface area contributed by atoms with E-state index in [1.165, 1.54) is 27.8 Å². The minimum atomic E-state index is -3.80. The molecule has 0 bridgehead atoms. The number of rotatable bonds is 3. The molecule has 124 valence electrons. The normalized spacial score (nSPS) is 16.3. The molecular formula is C14H16N2O4S3. The summed E-state index contributed by atoms with van der Waals surface area (Å²) in [7, 11) is -7.37. The third-order valence-electron chi connectivity index (χ3n) is 3.79. The third-order valence-corrected chi connectivity index (χ3v) is 8.02. The lowest BCUT2D eigenvalue weighted by atomic mass is 10.0. The number of hydrogen-bond donors (Lipinski definition) is 1. The number of thiophene rings is 1. The Bertz CT molecular complexity index is 962. The first kappa shape index (κ1) is 16.6. The molecule has 1 aromatic carbocycles. The maximum Gasteiger partial charge on any atom is 0.252 e. The van der Waals surface area contributed by atoms with E-state index in [9.17, 15) is 16.8 Å². The summed E-state index contributed by atoms with van der Waals surface area (Å²) in [6, 6.07) is 8.00. The maximum absolute atomic E-state index is 12.7. The van der Waals surface area contributed by atoms with E-state index in [4.69, 9.17) is 5.14 Å². The molecule has 1 aromatic heterocycles. The zero-order valence-electron chi connectivity index (χ0n) is 12.4. The van der Waals surface area contributed by atoms with Gasteiger partial charge in [0.1, 0.15) is 4.21 Å². The lowest BCUT2D eigenvalue weighted by Crippen LogP contribution is -2.35. The summed E-state index contributed by atoms with van der Waals surface area (Å²) in [5, 5.41) is 5.15. The van der Waals surface area contributed by atoms with Crippen LogP contribution in [0.1, 0.15) is 16.0 Å². The zero-order chi connectivity index (χ0) is 16.8. The molecule has 0 radical (unpaired) electrons. The van der Waals surface area contributed by atoms with Crippen LogP contribution in [0, 0.1) is 6.92 Å². The molecule has 0 fully saturated rings. The van der Waals surface area contributed by atoms with Gasteiger partial charge in [-0.05, 0) is 48.7 Å². The van der Waals surface area contributed by atoms with Crippen molar-refractivity contribution in [1.29, 1.82) is 0 Å². The molecule has 2 heterocycles. The van der Waals surface area contributed by atoms with Crippen molar-refractivity contribution in [2.45, 2.75) is 29.0 Å². The van der Waals surface area contributed by atoms with Gasteiger partial charge in [-0.3, -0.25) is 0 Å². The van der Waals surface area contributed by atoms with Crippen molar-refractivity contribution >= 4 is 31.4 Å². The average molecular weight is 372 g/mol. The fourth-order valence-corrected chi connectivity index (χ4v) is 5.99. The largest absolute Gasteiger partial charge is 0.252 e. The van der Waals surface area contributed by atoms with Crippen molar-refractivity contribution in [3.8, 4) is 0 Å². The predicted molar refractivity (Wildman–Crippen MR) is 88.2 cm³/mol. The molecule has 0 saturated carbocycles. The fourth-order valence-electron chi connectivity index (χ4n) is 2.57. The molecule has 0 spiro atoms. The van der Waals surface area contributed by atoms with Crippen molar-refractivity contribution in [1.82, 2.24) is 4.31 Å². The molecule has 3 rings (SSSR count). The SMILES string of the molecule is Cc1ccc(S(=O)(=O)N2CCc3ccc(S(N)(=O)=O)cc3C2)s1. The van der Waals surface area contributed by atoms with Gasteiger partial charge in [-0.15, -0.1) is 11.3 Å². The standard InChI is InChI=1S/C14H16N2O4S3/c1-10-2-5-14(21-10)23(19,20)16-7-6-11-3-4-13(22(15,17)18)8-12(11)9-16/h2-5,8H,6-7,9H2,1H3,(H2,15,17,18). The third kappa shape index (κ3) is 3.20. The van der Waals surface area contributed by atoms with Crippen LogP contribution < -0.4 is 5.14 Å². The summed E-state index contributed by atoms with van der Waals surface area (Å²) >= 11 is 1.23. The van der Waals surface area contributed by atoms with Gasteiger partial charge in [-0.25, -0.2) is 22.0 Å². The lowest BCUT2D eigenvalue weighted by molar-refractivity contribution is 0.392. The summed E-state index contributed by atoms with van der Waals surface area (Å²) < 4.78 is 50.0. The van der Waals surface area contributed by atoms with Crippen molar-refractivity contribution in [3.63, 3.8) is 0 Å². The molecule has 0 unspecified atom stereocenters. The van der Waals surface area contributed by atoms with Gasteiger partial charge in [-0.2, -0.15) is 4.31 Å². The smallest absolute Gasteiger partial charge is 0.225 e. The van der Waals surface area contributed by atoms with E-state index in [0.29, 0.717) is 22.7 Å². The van der Waals surface area contributed by atoms with Crippen LogP contribution in [0.2, 0.25) is 0 Å². The number of benzene rings is 1. The number of fused-ring (bicyclic) bond motifs is 1. The van der Waals surface area contributed by atoms with E-state index in [1.54, 1.807) is 18.2 Å². The molecule has 6 nitrogen and oxygen atoms in total. The molecule has 0 saturated heterocycles. The van der Waals surface area contributed by atoms with Crippen LogP contribution in [0.5, 0.6) is 0 Å². The van der Waals surface area contributed by atoms with E-state index in [-0.39, 0.29) is 11.4 Å². The summed E-state index contributed by atoms with van der Waals surface area (Å²) in [6.07, 6.45) is 0.545. The van der Waals surface area contributed by atoms with Crippen LogP contribution in [0.25, 0.3) is 0 Å². The highest BCUT2D eigenvalue weighted by molar-refractivity contribution is 7.91. The number of nitrogens with two attached hydrogens (primary N) is 1. The first-order chi connectivity index (χ1) is 10.7. The number of nitrogens with zero attached hydrogens (tertiary/aromatic N) is 1. The van der Waals surface area contributed by atoms with E-state index in [1.807, 2.05) is 6.92 Å². The van der Waals surface area contributed by atoms with Crippen LogP contribution in [0.4, 0.5) is 0 Å². The van der Waals surface area contributed by atoms with Crippen molar-refractivity contribution in [2.75, 3.05) is 6.54 Å². The topological polar surface area (TPSA) is 97.5 Å². The molecule has 2 N–H and O–H groups in total. The van der Waals surface area contributed by atoms with E-state index < -0.39 is 20.0 Å². The Balaban J connectivity index is 1.96. The molecule has 0 atom stereocenters. The minimum absolute atomic E-state index is 0.00228. The second-order valence-corrected chi connectivity index (χ2v) is 10.4. The van der Waals surface area contributed by atoms with E-state index in [0.717, 1.165) is 10.4 Å². The summed E-state index contributed by atoms with van der Waals surface area (Å²) in [5.74, 6) is 0. The monoisotopic (exact) mass is 372 g/mol. The highest BCUT2D eigenvalue weighted by Gasteiger charge is 2.29. The van der Waals surface area contributed by atoms with Crippen molar-refractivity contribution in [3.05, 3.63) is 46.3 Å². The Hall–Kier alpha value is -1.26. The number of hydrogen-bond acceptors (Lipinski definition) is 5. The Labute approximate surface area is 139 Å². The summed E-state index contributed by atoms with van der Waals surface area (Å²) in [5.41, 5.74) is 1.63. The molecule has 2 aromatic rings. The number of aryl methyl sites for hydroxylation is 1. The van der Waals surface area contributed by atoms with Gasteiger partial charge in [0.05, 0.1) is 4.90 Å². The van der Waals surface area contributed by atoms with Crippen LogP contribution in [0.15, 0.2) is 39.4 Å². The molecular weight excluding hydrogens is 356 g/mol. The zero-order valence-corrected chi connectivity index (χ0v) is 14.8. The Morgan fingerprint density at radius 2 is 1.83 bits per heavy atom. The second-order valence-electron chi connectivity index (χ2n) is 5.43. The molecule has 23 heavy (non-hydrogen) atoms. The Morgan fingerprint density at radius 1 is 1.09 bits per heavy atom. The van der Waals surface area contributed by atoms with Crippen LogP contribution >= 0.6 is 11.3 Å². The molecule has 1 aliphatic rings. The van der Waals surface area contributed by atoms with Gasteiger partial charge < -0.3 is 0 Å². The lowest BCUT2D eigenvalue weighted by Gasteiger charge is -2.27. The molecule has 0 aliphatic carbocycles. The predicted octanol–water partition coefficient (Wildman–Crippen LogP) is 1.45. The van der Waals surface area contributed by atoms with E-state index >= 15 is 0 Å². The minimum Gasteiger partial charge on any atom is -0.225 e. The maximum atomic E-state index is 12.7. The molecule has 9 heteroatoms. The van der Waals surface area contributed by atoms with Crippen LogP contribution in [-0.2, 0) is 33.0 Å². The van der Waals surface area contributed by atoms with Crippen molar-refractivity contribution < 1.29 is 16.8 Å².